The second kappa shape index (κ2) is 14.2. The number of nitrogens with zero attached hydrogens (tertiary/aromatic N) is 3. The summed E-state index contributed by atoms with van der Waals surface area (Å²) in [5.74, 6) is -3.71. The average Bonchev–Trinajstić information content (AvgIpc) is 3.64. The number of amides is 3. The van der Waals surface area contributed by atoms with E-state index >= 15 is 0 Å². The first kappa shape index (κ1) is 35.3. The van der Waals surface area contributed by atoms with Crippen LogP contribution in [0.15, 0.2) is 53.0 Å². The van der Waals surface area contributed by atoms with Crippen molar-refractivity contribution in [3.05, 3.63) is 58.6 Å². The number of hydrogen-bond acceptors (Lipinski definition) is 7. The van der Waals surface area contributed by atoms with Gasteiger partial charge in [-0.25, -0.2) is 0 Å². The average molecular weight is 715 g/mol. The van der Waals surface area contributed by atoms with E-state index in [1.165, 1.54) is 4.90 Å². The molecule has 2 fully saturated rings. The number of hydrogen-bond donors (Lipinski definition) is 1. The number of fused-ring (bicyclic) bond motifs is 2. The quantitative estimate of drug-likeness (QED) is 0.330. The van der Waals surface area contributed by atoms with Crippen LogP contribution in [0.1, 0.15) is 72.0 Å². The minimum atomic E-state index is -1.44. The third kappa shape index (κ3) is 6.19. The zero-order valence-electron chi connectivity index (χ0n) is 28.2. The van der Waals surface area contributed by atoms with Crippen LogP contribution in [-0.4, -0.2) is 99.6 Å². The molecule has 1 unspecified atom stereocenters. The fraction of sp³-hybridized carbons (Fsp3) is 0.611. The first-order chi connectivity index (χ1) is 22.4. The van der Waals surface area contributed by atoms with Crippen molar-refractivity contribution in [3.63, 3.8) is 0 Å². The normalized spacial score (nSPS) is 33.6. The number of cyclic esters (lactones) is 1. The highest BCUT2D eigenvalue weighted by atomic mass is 79.9. The molecule has 4 heterocycles. The van der Waals surface area contributed by atoms with Gasteiger partial charge in [0.2, 0.25) is 17.7 Å². The van der Waals surface area contributed by atoms with Crippen molar-refractivity contribution in [2.45, 2.75) is 102 Å². The maximum absolute atomic E-state index is 14.9. The Morgan fingerprint density at radius 2 is 1.74 bits per heavy atom. The lowest BCUT2D eigenvalue weighted by molar-refractivity contribution is -0.164. The predicted octanol–water partition coefficient (Wildman–Crippen LogP) is 4.38. The number of aliphatic hydroxyl groups excluding tert-OH is 1. The van der Waals surface area contributed by atoms with Gasteiger partial charge in [0.25, 0.3) is 0 Å². The van der Waals surface area contributed by atoms with Gasteiger partial charge in [0, 0.05) is 30.5 Å². The van der Waals surface area contributed by atoms with Gasteiger partial charge in [-0.15, -0.1) is 0 Å². The topological polar surface area (TPSA) is 117 Å². The number of rotatable bonds is 7. The Bertz CT molecular complexity index is 1420. The van der Waals surface area contributed by atoms with Gasteiger partial charge in [-0.1, -0.05) is 85.6 Å². The molecule has 0 aromatic heterocycles. The highest BCUT2D eigenvalue weighted by molar-refractivity contribution is 9.11. The molecule has 0 saturated carbocycles. The predicted molar refractivity (Wildman–Crippen MR) is 180 cm³/mol. The van der Waals surface area contributed by atoms with E-state index < -0.39 is 59.6 Å². The lowest BCUT2D eigenvalue weighted by Gasteiger charge is -2.41. The Morgan fingerprint density at radius 3 is 2.38 bits per heavy atom. The van der Waals surface area contributed by atoms with E-state index in [-0.39, 0.29) is 43.3 Å². The molecular weight excluding hydrogens is 666 g/mol. The van der Waals surface area contributed by atoms with E-state index in [9.17, 15) is 24.3 Å². The maximum Gasteiger partial charge on any atom is 0.313 e. The van der Waals surface area contributed by atoms with Crippen molar-refractivity contribution in [2.75, 3.05) is 20.2 Å². The summed E-state index contributed by atoms with van der Waals surface area (Å²) < 4.78 is 13.6. The van der Waals surface area contributed by atoms with Gasteiger partial charge in [0.15, 0.2) is 0 Å². The molecule has 1 N–H and O–H groups in total. The van der Waals surface area contributed by atoms with Crippen molar-refractivity contribution < 1.29 is 33.8 Å². The molecule has 0 aliphatic carbocycles. The first-order valence-corrected chi connectivity index (χ1v) is 17.6. The fourth-order valence-electron chi connectivity index (χ4n) is 7.81. The van der Waals surface area contributed by atoms with E-state index in [0.29, 0.717) is 16.5 Å². The molecule has 11 heteroatoms. The van der Waals surface area contributed by atoms with Crippen molar-refractivity contribution >= 4 is 39.6 Å². The number of esters is 1. The maximum atomic E-state index is 14.9. The summed E-state index contributed by atoms with van der Waals surface area (Å²) in [4.78, 5) is 62.2. The van der Waals surface area contributed by atoms with Crippen molar-refractivity contribution in [2.24, 2.45) is 17.8 Å². The number of aliphatic hydroxyl groups is 1. The van der Waals surface area contributed by atoms with Crippen LogP contribution >= 0.6 is 15.9 Å². The summed E-state index contributed by atoms with van der Waals surface area (Å²) in [6, 6.07) is 6.81. The van der Waals surface area contributed by atoms with Crippen LogP contribution in [0.5, 0.6) is 0 Å². The SMILES string of the molecule is CCCC(C)N1C/C=C\CCC(=O)N(C)[C@H](C)[C@@H](c2ccccc2)OC(=O)[C@@H]2[C@H]3O[C@@]4(C=C3Br)[C@H](C1=O)N([C@@H](CO)C(C)C)C(=O)[C@@H]24. The molecular formula is C36H48BrN3O7. The molecule has 2 saturated heterocycles. The van der Waals surface area contributed by atoms with Gasteiger partial charge in [-0.05, 0) is 44.2 Å². The molecule has 5 rings (SSSR count). The number of carbonyl (C=O) groups excluding carboxylic acids is 4. The summed E-state index contributed by atoms with van der Waals surface area (Å²) in [7, 11) is 1.71. The number of carbonyl (C=O) groups is 4. The van der Waals surface area contributed by atoms with Crippen LogP contribution in [0.4, 0.5) is 0 Å². The second-order valence-electron chi connectivity index (χ2n) is 13.7. The minimum Gasteiger partial charge on any atom is -0.455 e. The Morgan fingerprint density at radius 1 is 1.04 bits per heavy atom. The van der Waals surface area contributed by atoms with Gasteiger partial charge < -0.3 is 29.3 Å². The van der Waals surface area contributed by atoms with E-state index in [4.69, 9.17) is 9.47 Å². The van der Waals surface area contributed by atoms with E-state index in [2.05, 4.69) is 22.9 Å². The van der Waals surface area contributed by atoms with Crippen LogP contribution in [0.3, 0.4) is 0 Å². The third-order valence-electron chi connectivity index (χ3n) is 10.5. The van der Waals surface area contributed by atoms with Crippen LogP contribution < -0.4 is 0 Å². The van der Waals surface area contributed by atoms with Crippen LogP contribution in [0.2, 0.25) is 0 Å². The fourth-order valence-corrected chi connectivity index (χ4v) is 8.55. The molecule has 47 heavy (non-hydrogen) atoms. The molecule has 5 bridgehead atoms. The van der Waals surface area contributed by atoms with Crippen LogP contribution in [-0.2, 0) is 28.7 Å². The number of likely N-dealkylation sites (tertiary alicyclic amines) is 1. The highest BCUT2D eigenvalue weighted by Crippen LogP contribution is 2.59. The molecule has 1 aromatic rings. The Balaban J connectivity index is 1.67. The first-order valence-electron chi connectivity index (χ1n) is 16.8. The highest BCUT2D eigenvalue weighted by Gasteiger charge is 2.75. The molecule has 3 amide bonds. The Hall–Kier alpha value is -3.02. The number of allylic oxidation sites excluding steroid dienone is 1. The second-order valence-corrected chi connectivity index (χ2v) is 14.6. The molecule has 9 atom stereocenters. The van der Waals surface area contributed by atoms with Gasteiger partial charge in [0.05, 0.1) is 24.6 Å². The largest absolute Gasteiger partial charge is 0.455 e. The Kier molecular flexibility index (Phi) is 10.7. The summed E-state index contributed by atoms with van der Waals surface area (Å²) in [6.45, 7) is 9.63. The van der Waals surface area contributed by atoms with Crippen LogP contribution in [0, 0.1) is 17.8 Å². The van der Waals surface area contributed by atoms with E-state index in [0.717, 1.165) is 12.8 Å². The summed E-state index contributed by atoms with van der Waals surface area (Å²) in [5.41, 5.74) is -0.723. The smallest absolute Gasteiger partial charge is 0.313 e. The molecule has 4 aliphatic rings. The monoisotopic (exact) mass is 713 g/mol. The molecule has 4 aliphatic heterocycles. The molecule has 1 aromatic carbocycles. The molecule has 10 nitrogen and oxygen atoms in total. The number of benzene rings is 1. The summed E-state index contributed by atoms with van der Waals surface area (Å²) in [6.07, 6.45) is 6.27. The molecule has 1 spiro atoms. The van der Waals surface area contributed by atoms with Crippen molar-refractivity contribution in [1.29, 1.82) is 0 Å². The van der Waals surface area contributed by atoms with Gasteiger partial charge in [0.1, 0.15) is 29.8 Å². The van der Waals surface area contributed by atoms with E-state index in [1.807, 2.05) is 70.2 Å². The lowest BCUT2D eigenvalue weighted by Crippen LogP contribution is -2.60. The lowest BCUT2D eigenvalue weighted by atomic mass is 9.74. The van der Waals surface area contributed by atoms with E-state index in [1.54, 1.807) is 22.9 Å². The standard InChI is InChI=1S/C36H48BrN3O7/c1-7-14-22(4)39-18-13-9-12-17-27(42)38(6)23(5)30(24-15-10-8-11-16-24)46-35(45)28-29-33(43)40(26(20-41)21(2)3)32(34(39)44)36(29)19-25(37)31(28)47-36/h8-11,13,15-16,19,21-23,26,28-32,41H,7,12,14,17-18,20H2,1-6H3/b13-9-/t22?,23-,26+,28+,29-,30+,31+,32+,36-/m1/s1. The van der Waals surface area contributed by atoms with Gasteiger partial charge >= 0.3 is 5.97 Å². The van der Waals surface area contributed by atoms with Crippen molar-refractivity contribution in [3.8, 4) is 0 Å². The zero-order valence-corrected chi connectivity index (χ0v) is 29.8. The Labute approximate surface area is 286 Å². The molecule has 0 radical (unpaired) electrons. The van der Waals surface area contributed by atoms with Gasteiger partial charge in [-0.2, -0.15) is 0 Å². The number of ether oxygens (including phenoxy) is 2. The van der Waals surface area contributed by atoms with Gasteiger partial charge in [-0.3, -0.25) is 19.2 Å². The van der Waals surface area contributed by atoms with Crippen LogP contribution in [0.25, 0.3) is 0 Å². The summed E-state index contributed by atoms with van der Waals surface area (Å²) in [5, 5.41) is 10.6. The zero-order chi connectivity index (χ0) is 34.2. The van der Waals surface area contributed by atoms with Crippen molar-refractivity contribution in [1.82, 2.24) is 14.7 Å². The summed E-state index contributed by atoms with van der Waals surface area (Å²) >= 11 is 3.62. The minimum absolute atomic E-state index is 0.0998. The molecule has 256 valence electrons. The number of likely N-dealkylation sites (N-methyl/N-ethyl adjacent to an activating group) is 1. The third-order valence-corrected chi connectivity index (χ3v) is 11.2. The number of halogens is 1.